The van der Waals surface area contributed by atoms with Gasteiger partial charge in [-0.05, 0) is 35.9 Å². The van der Waals surface area contributed by atoms with Crippen molar-refractivity contribution in [1.82, 2.24) is 9.47 Å². The van der Waals surface area contributed by atoms with E-state index in [9.17, 15) is 9.18 Å². The minimum Gasteiger partial charge on any atom is -0.383 e. The van der Waals surface area contributed by atoms with Gasteiger partial charge < -0.3 is 14.2 Å². The second-order valence-corrected chi connectivity index (χ2v) is 6.34. The molecule has 0 aliphatic heterocycles. The Morgan fingerprint density at radius 1 is 1.07 bits per heavy atom. The Morgan fingerprint density at radius 2 is 1.89 bits per heavy atom. The topological polar surface area (TPSA) is 34.5 Å². The summed E-state index contributed by atoms with van der Waals surface area (Å²) in [4.78, 5) is 14.6. The number of benzene rings is 2. The molecule has 3 rings (SSSR count). The zero-order chi connectivity index (χ0) is 19.1. The molecule has 0 unspecified atom stereocenters. The highest BCUT2D eigenvalue weighted by Gasteiger charge is 2.18. The Kier molecular flexibility index (Phi) is 6.39. The van der Waals surface area contributed by atoms with Gasteiger partial charge >= 0.3 is 0 Å². The highest BCUT2D eigenvalue weighted by molar-refractivity contribution is 5.94. The number of aromatic nitrogens is 1. The molecule has 0 saturated heterocycles. The summed E-state index contributed by atoms with van der Waals surface area (Å²) in [6.07, 6.45) is 2.00. The van der Waals surface area contributed by atoms with E-state index in [4.69, 9.17) is 4.74 Å². The number of carbonyl (C=O) groups excluding carboxylic acids is 1. The Labute approximate surface area is 158 Å². The van der Waals surface area contributed by atoms with Crippen LogP contribution in [0.1, 0.15) is 21.6 Å². The van der Waals surface area contributed by atoms with Crippen LogP contribution in [0.4, 0.5) is 4.39 Å². The third kappa shape index (κ3) is 5.05. The smallest absolute Gasteiger partial charge is 0.254 e. The molecule has 4 nitrogen and oxygen atoms in total. The van der Waals surface area contributed by atoms with Crippen LogP contribution in [0.5, 0.6) is 0 Å². The van der Waals surface area contributed by atoms with E-state index in [0.29, 0.717) is 25.3 Å². The van der Waals surface area contributed by atoms with E-state index in [0.717, 1.165) is 12.2 Å². The number of ether oxygens (including phenoxy) is 1. The maximum absolute atomic E-state index is 13.5. The van der Waals surface area contributed by atoms with Crippen molar-refractivity contribution in [2.75, 3.05) is 20.3 Å². The molecule has 0 N–H and O–H groups in total. The van der Waals surface area contributed by atoms with Gasteiger partial charge in [-0.3, -0.25) is 4.79 Å². The molecule has 0 spiro atoms. The molecule has 0 bridgehead atoms. The van der Waals surface area contributed by atoms with Gasteiger partial charge in [0.25, 0.3) is 5.91 Å². The number of carbonyl (C=O) groups is 1. The van der Waals surface area contributed by atoms with E-state index < -0.39 is 5.82 Å². The normalized spacial score (nSPS) is 10.7. The van der Waals surface area contributed by atoms with Gasteiger partial charge in [0.1, 0.15) is 5.82 Å². The van der Waals surface area contributed by atoms with Crippen molar-refractivity contribution in [1.29, 1.82) is 0 Å². The minimum absolute atomic E-state index is 0.209. The average molecular weight is 366 g/mol. The molecule has 3 aromatic rings. The molecule has 27 heavy (non-hydrogen) atoms. The van der Waals surface area contributed by atoms with Crippen LogP contribution in [0.3, 0.4) is 0 Å². The van der Waals surface area contributed by atoms with Crippen molar-refractivity contribution >= 4 is 5.91 Å². The Balaban J connectivity index is 1.79. The first-order valence-corrected chi connectivity index (χ1v) is 8.89. The third-order valence-corrected chi connectivity index (χ3v) is 4.40. The fraction of sp³-hybridized carbons (Fsp3) is 0.227. The second-order valence-electron chi connectivity index (χ2n) is 6.34. The number of halogens is 1. The predicted molar refractivity (Wildman–Crippen MR) is 103 cm³/mol. The molecular formula is C22H23FN2O2. The van der Waals surface area contributed by atoms with Crippen molar-refractivity contribution in [3.63, 3.8) is 0 Å². The molecule has 0 aliphatic carbocycles. The van der Waals surface area contributed by atoms with Gasteiger partial charge in [0.05, 0.1) is 13.2 Å². The van der Waals surface area contributed by atoms with Gasteiger partial charge in [-0.2, -0.15) is 0 Å². The van der Waals surface area contributed by atoms with Crippen molar-refractivity contribution in [3.8, 4) is 0 Å². The van der Waals surface area contributed by atoms with Crippen molar-refractivity contribution < 1.29 is 13.9 Å². The maximum atomic E-state index is 13.5. The van der Waals surface area contributed by atoms with Gasteiger partial charge in [-0.15, -0.1) is 0 Å². The zero-order valence-corrected chi connectivity index (χ0v) is 15.3. The molecule has 2 aromatic carbocycles. The number of hydrogen-bond acceptors (Lipinski definition) is 2. The van der Waals surface area contributed by atoms with Crippen LogP contribution >= 0.6 is 0 Å². The fourth-order valence-electron chi connectivity index (χ4n) is 2.98. The van der Waals surface area contributed by atoms with Gasteiger partial charge in [0.15, 0.2) is 0 Å². The van der Waals surface area contributed by atoms with Crippen LogP contribution < -0.4 is 0 Å². The van der Waals surface area contributed by atoms with E-state index in [2.05, 4.69) is 16.7 Å². The van der Waals surface area contributed by atoms with E-state index in [-0.39, 0.29) is 5.91 Å². The summed E-state index contributed by atoms with van der Waals surface area (Å²) in [5.41, 5.74) is 2.54. The lowest BCUT2D eigenvalue weighted by Crippen LogP contribution is -2.34. The third-order valence-electron chi connectivity index (χ3n) is 4.40. The van der Waals surface area contributed by atoms with Crippen LogP contribution in [0.25, 0.3) is 0 Å². The number of rotatable bonds is 8. The lowest BCUT2D eigenvalue weighted by Gasteiger charge is -2.23. The molecule has 0 fully saturated rings. The van der Waals surface area contributed by atoms with Crippen LogP contribution in [0.15, 0.2) is 72.9 Å². The van der Waals surface area contributed by atoms with Crippen LogP contribution in [0, 0.1) is 5.82 Å². The molecule has 1 aromatic heterocycles. The van der Waals surface area contributed by atoms with E-state index in [1.54, 1.807) is 24.1 Å². The van der Waals surface area contributed by atoms with Crippen molar-refractivity contribution in [2.24, 2.45) is 0 Å². The Morgan fingerprint density at radius 3 is 2.63 bits per heavy atom. The first kappa shape index (κ1) is 18.9. The van der Waals surface area contributed by atoms with Gasteiger partial charge in [0, 0.05) is 37.7 Å². The molecule has 0 aliphatic rings. The quantitative estimate of drug-likeness (QED) is 0.605. The fourth-order valence-corrected chi connectivity index (χ4v) is 2.98. The summed E-state index contributed by atoms with van der Waals surface area (Å²) in [5, 5.41) is 0. The monoisotopic (exact) mass is 366 g/mol. The summed E-state index contributed by atoms with van der Waals surface area (Å²) in [5.74, 6) is -0.626. The van der Waals surface area contributed by atoms with Gasteiger partial charge in [0.2, 0.25) is 0 Å². The zero-order valence-electron chi connectivity index (χ0n) is 15.3. The summed E-state index contributed by atoms with van der Waals surface area (Å²) in [6, 6.07) is 19.9. The summed E-state index contributed by atoms with van der Waals surface area (Å²) in [6.45, 7) is 2.01. The van der Waals surface area contributed by atoms with Crippen LogP contribution in [-0.2, 0) is 17.8 Å². The first-order chi connectivity index (χ1) is 13.2. The number of amides is 1. The number of hydrogen-bond donors (Lipinski definition) is 0. The number of methoxy groups -OCH3 is 1. The average Bonchev–Trinajstić information content (AvgIpc) is 3.12. The summed E-state index contributed by atoms with van der Waals surface area (Å²) >= 11 is 0. The highest BCUT2D eigenvalue weighted by Crippen LogP contribution is 2.14. The lowest BCUT2D eigenvalue weighted by molar-refractivity contribution is 0.0675. The first-order valence-electron chi connectivity index (χ1n) is 8.89. The minimum atomic E-state index is -0.417. The molecule has 0 atom stereocenters. The van der Waals surface area contributed by atoms with Crippen LogP contribution in [-0.4, -0.2) is 35.6 Å². The van der Waals surface area contributed by atoms with Crippen molar-refractivity contribution in [3.05, 3.63) is 95.6 Å². The Hall–Kier alpha value is -2.92. The number of nitrogens with zero attached hydrogens (tertiary/aromatic N) is 2. The van der Waals surface area contributed by atoms with E-state index in [1.165, 1.54) is 17.7 Å². The molecule has 1 heterocycles. The highest BCUT2D eigenvalue weighted by atomic mass is 19.1. The maximum Gasteiger partial charge on any atom is 0.254 e. The second kappa shape index (κ2) is 9.14. The van der Waals surface area contributed by atoms with Gasteiger partial charge in [-0.25, -0.2) is 4.39 Å². The molecule has 0 radical (unpaired) electrons. The molecule has 1 amide bonds. The summed E-state index contributed by atoms with van der Waals surface area (Å²) in [7, 11) is 1.60. The summed E-state index contributed by atoms with van der Waals surface area (Å²) < 4.78 is 20.8. The molecular weight excluding hydrogens is 343 g/mol. The predicted octanol–water partition coefficient (Wildman–Crippen LogP) is 3.96. The molecule has 5 heteroatoms. The molecule has 140 valence electrons. The standard InChI is InChI=1S/C22H23FN2O2/c1-27-14-13-25(22(26)19-9-5-10-20(23)15-19)17-21-11-6-12-24(21)16-18-7-3-2-4-8-18/h2-12,15H,13-14,16-17H2,1H3. The van der Waals surface area contributed by atoms with Gasteiger partial charge in [-0.1, -0.05) is 36.4 Å². The van der Waals surface area contributed by atoms with E-state index >= 15 is 0 Å². The van der Waals surface area contributed by atoms with Crippen LogP contribution in [0.2, 0.25) is 0 Å². The Bertz CT molecular complexity index is 877. The SMILES string of the molecule is COCCN(Cc1cccn1Cc1ccccc1)C(=O)c1cccc(F)c1. The molecule has 0 saturated carbocycles. The largest absolute Gasteiger partial charge is 0.383 e. The van der Waals surface area contributed by atoms with Crippen molar-refractivity contribution in [2.45, 2.75) is 13.1 Å². The lowest BCUT2D eigenvalue weighted by atomic mass is 10.2. The van der Waals surface area contributed by atoms with E-state index in [1.807, 2.05) is 36.5 Å².